The van der Waals surface area contributed by atoms with Gasteiger partial charge in [-0.1, -0.05) is 20.8 Å². The van der Waals surface area contributed by atoms with E-state index in [1.807, 2.05) is 20.8 Å². The van der Waals surface area contributed by atoms with Crippen molar-refractivity contribution in [3.63, 3.8) is 0 Å². The minimum absolute atomic E-state index is 0.0289. The molecule has 1 aliphatic heterocycles. The van der Waals surface area contributed by atoms with Crippen molar-refractivity contribution in [2.45, 2.75) is 33.0 Å². The number of hydrogen-bond acceptors (Lipinski definition) is 3. The molecule has 13 heavy (non-hydrogen) atoms. The summed E-state index contributed by atoms with van der Waals surface area (Å²) in [7, 11) is 2.06. The number of morpholine rings is 1. The highest BCUT2D eigenvalue weighted by Crippen LogP contribution is 2.24. The van der Waals surface area contributed by atoms with Gasteiger partial charge in [-0.15, -0.1) is 0 Å². The van der Waals surface area contributed by atoms with E-state index >= 15 is 0 Å². The predicted octanol–water partition coefficient (Wildman–Crippen LogP) is 0.724. The van der Waals surface area contributed by atoms with Crippen molar-refractivity contribution in [1.82, 2.24) is 4.90 Å². The second-order valence-corrected chi connectivity index (χ2v) is 4.98. The van der Waals surface area contributed by atoms with Crippen LogP contribution in [0.15, 0.2) is 0 Å². The molecule has 1 saturated heterocycles. The molecule has 1 heterocycles. The molecular formula is C10H21NO2. The molecule has 2 atom stereocenters. The summed E-state index contributed by atoms with van der Waals surface area (Å²) in [5.74, 6) is 0. The second-order valence-electron chi connectivity index (χ2n) is 4.98. The van der Waals surface area contributed by atoms with Gasteiger partial charge < -0.3 is 14.7 Å². The van der Waals surface area contributed by atoms with E-state index in [-0.39, 0.29) is 17.6 Å². The molecule has 0 amide bonds. The van der Waals surface area contributed by atoms with Crippen LogP contribution in [0.4, 0.5) is 0 Å². The molecule has 3 heteroatoms. The van der Waals surface area contributed by atoms with Crippen LogP contribution in [-0.4, -0.2) is 49.0 Å². The van der Waals surface area contributed by atoms with Gasteiger partial charge in [0.05, 0.1) is 18.8 Å². The quantitative estimate of drug-likeness (QED) is 0.656. The Bertz CT molecular complexity index is 165. The minimum atomic E-state index is -0.379. The van der Waals surface area contributed by atoms with Crippen LogP contribution in [0.3, 0.4) is 0 Å². The lowest BCUT2D eigenvalue weighted by Gasteiger charge is -2.38. The van der Waals surface area contributed by atoms with Gasteiger partial charge >= 0.3 is 0 Å². The monoisotopic (exact) mass is 187 g/mol. The van der Waals surface area contributed by atoms with Crippen molar-refractivity contribution >= 4 is 0 Å². The van der Waals surface area contributed by atoms with Crippen LogP contribution >= 0.6 is 0 Å². The number of aliphatic hydroxyl groups excluding tert-OH is 1. The molecule has 0 radical (unpaired) electrons. The van der Waals surface area contributed by atoms with Crippen LogP contribution in [0, 0.1) is 5.41 Å². The first-order valence-electron chi connectivity index (χ1n) is 4.89. The maximum Gasteiger partial charge on any atom is 0.0966 e. The smallest absolute Gasteiger partial charge is 0.0966 e. The average molecular weight is 187 g/mol. The first-order chi connectivity index (χ1) is 5.91. The Kier molecular flexibility index (Phi) is 3.33. The summed E-state index contributed by atoms with van der Waals surface area (Å²) >= 11 is 0. The summed E-state index contributed by atoms with van der Waals surface area (Å²) < 4.78 is 5.54. The highest BCUT2D eigenvalue weighted by Gasteiger charge is 2.33. The van der Waals surface area contributed by atoms with Crippen LogP contribution in [-0.2, 0) is 4.74 Å². The number of aliphatic hydroxyl groups is 1. The van der Waals surface area contributed by atoms with Gasteiger partial charge in [0.1, 0.15) is 0 Å². The molecule has 2 unspecified atom stereocenters. The zero-order valence-electron chi connectivity index (χ0n) is 9.08. The molecule has 0 saturated carbocycles. The standard InChI is InChI=1S/C10H21NO2/c1-10(2,3)9(12)8-7-11(4)5-6-13-8/h8-9,12H,5-7H2,1-4H3. The first kappa shape index (κ1) is 11.0. The average Bonchev–Trinajstić information content (AvgIpc) is 2.01. The maximum atomic E-state index is 9.98. The number of rotatable bonds is 1. The van der Waals surface area contributed by atoms with Crippen molar-refractivity contribution in [1.29, 1.82) is 0 Å². The zero-order chi connectivity index (χ0) is 10.1. The minimum Gasteiger partial charge on any atom is -0.390 e. The Morgan fingerprint density at radius 3 is 2.54 bits per heavy atom. The lowest BCUT2D eigenvalue weighted by Crippen LogP contribution is -2.50. The molecule has 0 bridgehead atoms. The Morgan fingerprint density at radius 1 is 1.46 bits per heavy atom. The largest absolute Gasteiger partial charge is 0.390 e. The van der Waals surface area contributed by atoms with Crippen molar-refractivity contribution in [2.75, 3.05) is 26.7 Å². The fraction of sp³-hybridized carbons (Fsp3) is 1.00. The molecule has 0 aromatic heterocycles. The Morgan fingerprint density at radius 2 is 2.08 bits per heavy atom. The van der Waals surface area contributed by atoms with Crippen LogP contribution in [0.2, 0.25) is 0 Å². The molecule has 0 spiro atoms. The van der Waals surface area contributed by atoms with Gasteiger partial charge in [-0.3, -0.25) is 0 Å². The molecule has 0 aromatic rings. The van der Waals surface area contributed by atoms with E-state index in [4.69, 9.17) is 4.74 Å². The Labute approximate surface area is 80.7 Å². The topological polar surface area (TPSA) is 32.7 Å². The summed E-state index contributed by atoms with van der Waals surface area (Å²) in [6.45, 7) is 8.64. The van der Waals surface area contributed by atoms with Gasteiger partial charge in [0.15, 0.2) is 0 Å². The van der Waals surface area contributed by atoms with Gasteiger partial charge in [0.2, 0.25) is 0 Å². The fourth-order valence-electron chi connectivity index (χ4n) is 1.56. The number of likely N-dealkylation sites (N-methyl/N-ethyl adjacent to an activating group) is 1. The van der Waals surface area contributed by atoms with Gasteiger partial charge in [-0.25, -0.2) is 0 Å². The highest BCUT2D eigenvalue weighted by molar-refractivity contribution is 4.84. The molecule has 0 aromatic carbocycles. The molecule has 0 aliphatic carbocycles. The molecule has 1 aliphatic rings. The Balaban J connectivity index is 2.51. The summed E-state index contributed by atoms with van der Waals surface area (Å²) in [5, 5.41) is 9.98. The predicted molar refractivity (Wildman–Crippen MR) is 52.7 cm³/mol. The molecule has 1 N–H and O–H groups in total. The maximum absolute atomic E-state index is 9.98. The summed E-state index contributed by atoms with van der Waals surface area (Å²) in [5.41, 5.74) is -0.0944. The number of ether oxygens (including phenoxy) is 1. The molecule has 3 nitrogen and oxygen atoms in total. The third-order valence-corrected chi connectivity index (χ3v) is 2.54. The Hall–Kier alpha value is -0.120. The van der Waals surface area contributed by atoms with E-state index in [2.05, 4.69) is 11.9 Å². The van der Waals surface area contributed by atoms with Crippen molar-refractivity contribution in [3.8, 4) is 0 Å². The first-order valence-corrected chi connectivity index (χ1v) is 4.89. The van der Waals surface area contributed by atoms with E-state index in [0.29, 0.717) is 0 Å². The van der Waals surface area contributed by atoms with E-state index < -0.39 is 0 Å². The van der Waals surface area contributed by atoms with Gasteiger partial charge in [0, 0.05) is 13.1 Å². The van der Waals surface area contributed by atoms with E-state index in [1.54, 1.807) is 0 Å². The molecule has 1 fully saturated rings. The summed E-state index contributed by atoms with van der Waals surface area (Å²) in [4.78, 5) is 2.20. The molecule has 78 valence electrons. The van der Waals surface area contributed by atoms with E-state index in [9.17, 15) is 5.11 Å². The molecular weight excluding hydrogens is 166 g/mol. The summed E-state index contributed by atoms with van der Waals surface area (Å²) in [6.07, 6.45) is -0.408. The second kappa shape index (κ2) is 3.95. The number of hydrogen-bond donors (Lipinski definition) is 1. The van der Waals surface area contributed by atoms with Crippen molar-refractivity contribution in [3.05, 3.63) is 0 Å². The zero-order valence-corrected chi connectivity index (χ0v) is 9.08. The van der Waals surface area contributed by atoms with Crippen LogP contribution in [0.5, 0.6) is 0 Å². The van der Waals surface area contributed by atoms with Gasteiger partial charge in [-0.05, 0) is 12.5 Å². The normalized spacial score (nSPS) is 28.8. The third kappa shape index (κ3) is 2.93. The lowest BCUT2D eigenvalue weighted by atomic mass is 9.85. The van der Waals surface area contributed by atoms with Crippen molar-refractivity contribution < 1.29 is 9.84 Å². The fourth-order valence-corrected chi connectivity index (χ4v) is 1.56. The summed E-state index contributed by atoms with van der Waals surface area (Å²) in [6, 6.07) is 0. The SMILES string of the molecule is CN1CCOC(C(O)C(C)(C)C)C1. The van der Waals surface area contributed by atoms with Gasteiger partial charge in [-0.2, -0.15) is 0 Å². The third-order valence-electron chi connectivity index (χ3n) is 2.54. The van der Waals surface area contributed by atoms with E-state index in [0.717, 1.165) is 19.7 Å². The van der Waals surface area contributed by atoms with E-state index in [1.165, 1.54) is 0 Å². The lowest BCUT2D eigenvalue weighted by molar-refractivity contribution is -0.115. The van der Waals surface area contributed by atoms with Gasteiger partial charge in [0.25, 0.3) is 0 Å². The number of nitrogens with zero attached hydrogens (tertiary/aromatic N) is 1. The molecule has 1 rings (SSSR count). The van der Waals surface area contributed by atoms with Crippen LogP contribution in [0.25, 0.3) is 0 Å². The van der Waals surface area contributed by atoms with Crippen molar-refractivity contribution in [2.24, 2.45) is 5.41 Å². The highest BCUT2D eigenvalue weighted by atomic mass is 16.5. The van der Waals surface area contributed by atoms with Crippen LogP contribution < -0.4 is 0 Å². The van der Waals surface area contributed by atoms with Crippen LogP contribution in [0.1, 0.15) is 20.8 Å².